The zero-order chi connectivity index (χ0) is 26.7. The molecule has 0 heterocycles. The predicted octanol–water partition coefficient (Wildman–Crippen LogP) is 10.8. The Labute approximate surface area is 232 Å². The molecule has 202 valence electrons. The van der Waals surface area contributed by atoms with Crippen LogP contribution in [0.25, 0.3) is 11.1 Å². The van der Waals surface area contributed by atoms with Crippen molar-refractivity contribution in [3.05, 3.63) is 58.7 Å². The third kappa shape index (κ3) is 7.08. The van der Waals surface area contributed by atoms with Crippen molar-refractivity contribution in [2.45, 2.75) is 128 Å². The minimum Gasteiger partial charge on any atom is -0.192 e. The van der Waals surface area contributed by atoms with Gasteiger partial charge in [0.25, 0.3) is 0 Å². The van der Waals surface area contributed by atoms with Crippen LogP contribution in [-0.4, -0.2) is 0 Å². The third-order valence-corrected chi connectivity index (χ3v) is 9.70. The van der Waals surface area contributed by atoms with Gasteiger partial charge in [-0.3, -0.25) is 0 Å². The van der Waals surface area contributed by atoms with Gasteiger partial charge in [-0.1, -0.05) is 102 Å². The molecule has 0 aliphatic heterocycles. The van der Waals surface area contributed by atoms with Gasteiger partial charge < -0.3 is 0 Å². The molecule has 2 heteroatoms. The van der Waals surface area contributed by atoms with E-state index in [0.29, 0.717) is 23.0 Å². The molecule has 0 aromatic heterocycles. The van der Waals surface area contributed by atoms with Gasteiger partial charge in [-0.15, -0.1) is 0 Å². The second-order valence-corrected chi connectivity index (χ2v) is 12.2. The van der Waals surface area contributed by atoms with E-state index in [1.165, 1.54) is 95.5 Å². The summed E-state index contributed by atoms with van der Waals surface area (Å²) in [6, 6.07) is 18.0. The quantitative estimate of drug-likeness (QED) is 0.283. The van der Waals surface area contributed by atoms with E-state index in [2.05, 4.69) is 62.4 Å². The topological polar surface area (TPSA) is 47.6 Å². The lowest BCUT2D eigenvalue weighted by molar-refractivity contribution is 0.302. The van der Waals surface area contributed by atoms with Crippen LogP contribution in [0.1, 0.15) is 151 Å². The first-order valence-electron chi connectivity index (χ1n) is 15.8. The summed E-state index contributed by atoms with van der Waals surface area (Å²) < 4.78 is 0. The minimum atomic E-state index is 0.410. The van der Waals surface area contributed by atoms with Crippen molar-refractivity contribution >= 4 is 0 Å². The van der Waals surface area contributed by atoms with Gasteiger partial charge >= 0.3 is 0 Å². The van der Waals surface area contributed by atoms with Crippen molar-refractivity contribution in [2.75, 3.05) is 0 Å². The summed E-state index contributed by atoms with van der Waals surface area (Å²) in [4.78, 5) is 0. The van der Waals surface area contributed by atoms with E-state index in [9.17, 15) is 10.5 Å². The van der Waals surface area contributed by atoms with Gasteiger partial charge in [-0.25, -0.2) is 0 Å². The van der Waals surface area contributed by atoms with Gasteiger partial charge in [-0.05, 0) is 91.7 Å². The number of nitriles is 2. The fourth-order valence-electron chi connectivity index (χ4n) is 7.36. The van der Waals surface area contributed by atoms with Crippen molar-refractivity contribution in [1.82, 2.24) is 0 Å². The summed E-state index contributed by atoms with van der Waals surface area (Å²) in [6.45, 7) is 4.56. The molecule has 0 radical (unpaired) electrons. The molecule has 2 saturated carbocycles. The molecular formula is C36H48N2. The Hall–Kier alpha value is -2.58. The highest BCUT2D eigenvalue weighted by atomic mass is 14.3. The Balaban J connectivity index is 1.40. The molecule has 0 bridgehead atoms. The Morgan fingerprint density at radius 3 is 1.82 bits per heavy atom. The van der Waals surface area contributed by atoms with Crippen molar-refractivity contribution in [2.24, 2.45) is 11.8 Å². The number of nitrogens with zero attached hydrogens (tertiary/aromatic N) is 2. The molecule has 2 aromatic rings. The number of hydrogen-bond acceptors (Lipinski definition) is 2. The van der Waals surface area contributed by atoms with Crippen LogP contribution in [0.4, 0.5) is 0 Å². The Morgan fingerprint density at radius 2 is 1.21 bits per heavy atom. The Morgan fingerprint density at radius 1 is 0.605 bits per heavy atom. The fraction of sp³-hybridized carbons (Fsp3) is 0.611. The van der Waals surface area contributed by atoms with Crippen LogP contribution in [0, 0.1) is 34.5 Å². The average Bonchev–Trinajstić information content (AvgIpc) is 2.97. The molecule has 38 heavy (non-hydrogen) atoms. The maximum Gasteiger partial charge on any atom is 0.101 e. The molecule has 0 atom stereocenters. The first kappa shape index (κ1) is 28.4. The second kappa shape index (κ2) is 14.5. The van der Waals surface area contributed by atoms with Crippen LogP contribution >= 0.6 is 0 Å². The van der Waals surface area contributed by atoms with Crippen LogP contribution in [-0.2, 0) is 0 Å². The van der Waals surface area contributed by atoms with Gasteiger partial charge in [0.2, 0.25) is 0 Å². The van der Waals surface area contributed by atoms with E-state index in [1.54, 1.807) is 0 Å². The van der Waals surface area contributed by atoms with E-state index in [-0.39, 0.29) is 0 Å². The smallest absolute Gasteiger partial charge is 0.101 e. The lowest BCUT2D eigenvalue weighted by Gasteiger charge is -2.29. The molecule has 0 saturated heterocycles. The molecule has 4 rings (SSSR count). The van der Waals surface area contributed by atoms with Crippen LogP contribution < -0.4 is 0 Å². The van der Waals surface area contributed by atoms with E-state index in [1.807, 2.05) is 0 Å². The molecule has 0 N–H and O–H groups in total. The maximum atomic E-state index is 10.1. The third-order valence-electron chi connectivity index (χ3n) is 9.70. The van der Waals surface area contributed by atoms with Crippen LogP contribution in [0.3, 0.4) is 0 Å². The number of rotatable bonds is 11. The highest BCUT2D eigenvalue weighted by Gasteiger charge is 2.26. The summed E-state index contributed by atoms with van der Waals surface area (Å²) in [7, 11) is 0. The fourth-order valence-corrected chi connectivity index (χ4v) is 7.36. The number of hydrogen-bond donors (Lipinski definition) is 0. The van der Waals surface area contributed by atoms with Crippen LogP contribution in [0.2, 0.25) is 0 Å². The van der Waals surface area contributed by atoms with E-state index >= 15 is 0 Å². The molecule has 2 nitrogen and oxygen atoms in total. The van der Waals surface area contributed by atoms with Gasteiger partial charge in [0.15, 0.2) is 0 Å². The highest BCUT2D eigenvalue weighted by Crippen LogP contribution is 2.42. The number of benzene rings is 2. The predicted molar refractivity (Wildman–Crippen MR) is 159 cm³/mol. The average molecular weight is 509 g/mol. The SMILES string of the molecule is CCCCCCC[C@H]1CC[C@H](c2ccc(-c3ccc([C@H]4CC[C@H](CCC)CC4)c(C#N)c3C#N)cc2)CC1. The molecule has 2 aliphatic rings. The minimum absolute atomic E-state index is 0.410. The normalized spacial score (nSPS) is 23.5. The van der Waals surface area contributed by atoms with E-state index in [0.717, 1.165) is 41.4 Å². The van der Waals surface area contributed by atoms with Crippen LogP contribution in [0.5, 0.6) is 0 Å². The van der Waals surface area contributed by atoms with Crippen molar-refractivity contribution in [1.29, 1.82) is 10.5 Å². The summed E-state index contributed by atoms with van der Waals surface area (Å²) in [5.41, 5.74) is 5.68. The lowest BCUT2D eigenvalue weighted by Crippen LogP contribution is -2.14. The molecule has 0 spiro atoms. The van der Waals surface area contributed by atoms with E-state index in [4.69, 9.17) is 0 Å². The van der Waals surface area contributed by atoms with Crippen LogP contribution in [0.15, 0.2) is 36.4 Å². The molecule has 2 aromatic carbocycles. The largest absolute Gasteiger partial charge is 0.192 e. The second-order valence-electron chi connectivity index (χ2n) is 12.2. The summed E-state index contributed by atoms with van der Waals surface area (Å²) >= 11 is 0. The zero-order valence-electron chi connectivity index (χ0n) is 24.0. The molecule has 0 amide bonds. The molecule has 2 fully saturated rings. The van der Waals surface area contributed by atoms with Gasteiger partial charge in [0.05, 0.1) is 11.1 Å². The zero-order valence-corrected chi connectivity index (χ0v) is 24.0. The lowest BCUT2D eigenvalue weighted by atomic mass is 9.75. The monoisotopic (exact) mass is 508 g/mol. The first-order valence-corrected chi connectivity index (χ1v) is 15.8. The first-order chi connectivity index (χ1) is 18.7. The van der Waals surface area contributed by atoms with Crippen molar-refractivity contribution in [3.8, 4) is 23.3 Å². The van der Waals surface area contributed by atoms with Crippen molar-refractivity contribution < 1.29 is 0 Å². The summed E-state index contributed by atoms with van der Waals surface area (Å²) in [5, 5.41) is 20.2. The summed E-state index contributed by atoms with van der Waals surface area (Å²) in [6.07, 6.45) is 21.0. The van der Waals surface area contributed by atoms with Crippen molar-refractivity contribution in [3.63, 3.8) is 0 Å². The Bertz CT molecular complexity index is 1080. The van der Waals surface area contributed by atoms with E-state index < -0.39 is 0 Å². The molecule has 2 aliphatic carbocycles. The maximum absolute atomic E-state index is 10.1. The molecular weight excluding hydrogens is 460 g/mol. The molecule has 0 unspecified atom stereocenters. The van der Waals surface area contributed by atoms with Gasteiger partial charge in [0.1, 0.15) is 12.1 Å². The number of unbranched alkanes of at least 4 members (excludes halogenated alkanes) is 4. The Kier molecular flexibility index (Phi) is 10.9. The van der Waals surface area contributed by atoms with Gasteiger partial charge in [0, 0.05) is 5.56 Å². The summed E-state index contributed by atoms with van der Waals surface area (Å²) in [5.74, 6) is 2.83. The highest BCUT2D eigenvalue weighted by molar-refractivity contribution is 5.75. The standard InChI is InChI=1S/C36H48N2/c1-3-5-6-7-8-10-28-11-15-29(16-12-28)30-19-21-32(22-20-30)34-24-23-33(35(25-37)36(34)26-38)31-17-13-27(9-4-2)14-18-31/h19-24,27-29,31H,3-18H2,1-2H3/t27-,28-,29-,31-. The van der Waals surface area contributed by atoms with Gasteiger partial charge in [-0.2, -0.15) is 10.5 Å².